The molecule has 0 amide bonds. The number of hydrogen-bond acceptors (Lipinski definition) is 6. The summed E-state index contributed by atoms with van der Waals surface area (Å²) in [6.45, 7) is 3.88. The van der Waals surface area contributed by atoms with Gasteiger partial charge in [0.2, 0.25) is 0 Å². The maximum absolute atomic E-state index is 12.1. The van der Waals surface area contributed by atoms with E-state index < -0.39 is 5.97 Å². The Kier molecular flexibility index (Phi) is 5.00. The number of ether oxygens (including phenoxy) is 1. The molecule has 0 atom stereocenters. The van der Waals surface area contributed by atoms with E-state index in [-0.39, 0.29) is 12.3 Å². The van der Waals surface area contributed by atoms with E-state index in [9.17, 15) is 4.79 Å². The summed E-state index contributed by atoms with van der Waals surface area (Å²) in [4.78, 5) is 20.3. The molecule has 0 fully saturated rings. The van der Waals surface area contributed by atoms with Crippen molar-refractivity contribution in [1.82, 2.24) is 9.97 Å². The minimum Gasteiger partial charge on any atom is -0.461 e. The lowest BCUT2D eigenvalue weighted by Crippen LogP contribution is -2.07. The lowest BCUT2D eigenvalue weighted by Gasteiger charge is -2.13. The Bertz CT molecular complexity index is 908. The average Bonchev–Trinajstić information content (AvgIpc) is 3.07. The van der Waals surface area contributed by atoms with E-state index >= 15 is 0 Å². The molecule has 0 aliphatic carbocycles. The zero-order chi connectivity index (χ0) is 17.8. The van der Waals surface area contributed by atoms with Crippen LogP contribution in [-0.4, -0.2) is 22.5 Å². The highest BCUT2D eigenvalue weighted by atomic mass is 35.5. The molecule has 1 N–H and O–H groups in total. The molecule has 0 bridgehead atoms. The number of aryl methyl sites for hydroxylation is 1. The van der Waals surface area contributed by atoms with Crippen LogP contribution in [0.1, 0.15) is 23.1 Å². The fraction of sp³-hybridized carbons (Fsp3) is 0.167. The lowest BCUT2D eigenvalue weighted by molar-refractivity contribution is 0.0520. The second kappa shape index (κ2) is 7.36. The number of benzene rings is 1. The molecule has 0 aliphatic heterocycles. The Morgan fingerprint density at radius 1 is 1.28 bits per heavy atom. The number of carbonyl (C=O) groups excluding carboxylic acids is 1. The van der Waals surface area contributed by atoms with E-state index in [0.717, 1.165) is 11.4 Å². The number of pyridine rings is 1. The van der Waals surface area contributed by atoms with Gasteiger partial charge in [-0.05, 0) is 44.2 Å². The molecule has 0 saturated carbocycles. The van der Waals surface area contributed by atoms with E-state index in [0.29, 0.717) is 22.0 Å². The van der Waals surface area contributed by atoms with Crippen LogP contribution < -0.4 is 5.32 Å². The zero-order valence-corrected chi connectivity index (χ0v) is 14.5. The van der Waals surface area contributed by atoms with Crippen molar-refractivity contribution in [3.63, 3.8) is 0 Å². The van der Waals surface area contributed by atoms with Gasteiger partial charge in [0.1, 0.15) is 0 Å². The highest BCUT2D eigenvalue weighted by Crippen LogP contribution is 2.35. The van der Waals surface area contributed by atoms with Crippen molar-refractivity contribution < 1.29 is 13.9 Å². The summed E-state index contributed by atoms with van der Waals surface area (Å²) in [7, 11) is 0. The van der Waals surface area contributed by atoms with E-state index in [1.54, 1.807) is 31.3 Å². The van der Waals surface area contributed by atoms with Crippen LogP contribution in [0.25, 0.3) is 11.3 Å². The number of hydrogen-bond donors (Lipinski definition) is 1. The molecule has 7 heteroatoms. The third-order valence-electron chi connectivity index (χ3n) is 3.54. The summed E-state index contributed by atoms with van der Waals surface area (Å²) < 4.78 is 10.5. The maximum atomic E-state index is 12.1. The van der Waals surface area contributed by atoms with E-state index in [4.69, 9.17) is 20.8 Å². The minimum absolute atomic E-state index is 0.120. The summed E-state index contributed by atoms with van der Waals surface area (Å²) in [6.07, 6.45) is 2.93. The van der Waals surface area contributed by atoms with Crippen LogP contribution in [0.2, 0.25) is 5.02 Å². The van der Waals surface area contributed by atoms with Crippen molar-refractivity contribution in [2.24, 2.45) is 0 Å². The molecule has 25 heavy (non-hydrogen) atoms. The third kappa shape index (κ3) is 3.64. The van der Waals surface area contributed by atoms with Gasteiger partial charge >= 0.3 is 5.97 Å². The quantitative estimate of drug-likeness (QED) is 0.671. The van der Waals surface area contributed by atoms with Gasteiger partial charge in [-0.15, -0.1) is 0 Å². The van der Waals surface area contributed by atoms with Crippen molar-refractivity contribution in [3.05, 3.63) is 59.3 Å². The normalized spacial score (nSPS) is 10.5. The molecule has 1 aromatic carbocycles. The van der Waals surface area contributed by atoms with Gasteiger partial charge in [0.25, 0.3) is 0 Å². The number of rotatable bonds is 5. The Labute approximate surface area is 149 Å². The summed E-state index contributed by atoms with van der Waals surface area (Å²) in [6, 6.07) is 8.97. The predicted octanol–water partition coefficient (Wildman–Crippen LogP) is 4.62. The molecule has 0 unspecified atom stereocenters. The van der Waals surface area contributed by atoms with Gasteiger partial charge in [0, 0.05) is 16.8 Å². The Hall–Kier alpha value is -2.86. The van der Waals surface area contributed by atoms with Crippen molar-refractivity contribution >= 4 is 28.9 Å². The zero-order valence-electron chi connectivity index (χ0n) is 13.7. The highest BCUT2D eigenvalue weighted by molar-refractivity contribution is 6.31. The summed E-state index contributed by atoms with van der Waals surface area (Å²) in [5, 5.41) is 3.83. The molecule has 2 aromatic heterocycles. The van der Waals surface area contributed by atoms with Crippen LogP contribution in [0.4, 0.5) is 11.4 Å². The lowest BCUT2D eigenvalue weighted by atomic mass is 10.1. The molecule has 0 saturated heterocycles. The van der Waals surface area contributed by atoms with E-state index in [2.05, 4.69) is 15.3 Å². The van der Waals surface area contributed by atoms with Gasteiger partial charge in [-0.3, -0.25) is 4.98 Å². The molecule has 0 radical (unpaired) electrons. The van der Waals surface area contributed by atoms with Gasteiger partial charge in [0.15, 0.2) is 17.8 Å². The first-order chi connectivity index (χ1) is 12.1. The number of anilines is 2. The monoisotopic (exact) mass is 357 g/mol. The van der Waals surface area contributed by atoms with E-state index in [1.165, 1.54) is 6.39 Å². The maximum Gasteiger partial charge on any atom is 0.360 e. The Morgan fingerprint density at radius 3 is 2.88 bits per heavy atom. The van der Waals surface area contributed by atoms with Crippen LogP contribution in [0.15, 0.2) is 47.3 Å². The molecule has 128 valence electrons. The molecule has 6 nitrogen and oxygen atoms in total. The van der Waals surface area contributed by atoms with Gasteiger partial charge in [0.05, 0.1) is 23.7 Å². The first-order valence-electron chi connectivity index (χ1n) is 7.69. The second-order valence-corrected chi connectivity index (χ2v) is 5.64. The van der Waals surface area contributed by atoms with Gasteiger partial charge in [-0.25, -0.2) is 9.78 Å². The van der Waals surface area contributed by atoms with Crippen LogP contribution >= 0.6 is 11.6 Å². The van der Waals surface area contributed by atoms with Gasteiger partial charge < -0.3 is 14.5 Å². The largest absolute Gasteiger partial charge is 0.461 e. The Morgan fingerprint density at radius 2 is 2.12 bits per heavy atom. The smallest absolute Gasteiger partial charge is 0.360 e. The summed E-state index contributed by atoms with van der Waals surface area (Å²) in [5.41, 5.74) is 3.09. The fourth-order valence-corrected chi connectivity index (χ4v) is 2.53. The SMILES string of the molecule is CCOC(=O)c1ncoc1-c1ccc(Cl)cc1Nc1cccnc1C. The average molecular weight is 358 g/mol. The molecule has 3 rings (SSSR count). The van der Waals surface area contributed by atoms with Crippen molar-refractivity contribution in [2.75, 3.05) is 11.9 Å². The second-order valence-electron chi connectivity index (χ2n) is 5.20. The molecular formula is C18H16ClN3O3. The number of carbonyl (C=O) groups is 1. The van der Waals surface area contributed by atoms with Crippen LogP contribution in [0.3, 0.4) is 0 Å². The predicted molar refractivity (Wildman–Crippen MR) is 95.2 cm³/mol. The first kappa shape index (κ1) is 17.0. The van der Waals surface area contributed by atoms with Crippen LogP contribution in [-0.2, 0) is 4.74 Å². The minimum atomic E-state index is -0.537. The molecular weight excluding hydrogens is 342 g/mol. The van der Waals surface area contributed by atoms with Gasteiger partial charge in [-0.1, -0.05) is 11.6 Å². The van der Waals surface area contributed by atoms with Crippen molar-refractivity contribution in [3.8, 4) is 11.3 Å². The molecule has 0 aliphatic rings. The fourth-order valence-electron chi connectivity index (χ4n) is 2.36. The highest BCUT2D eigenvalue weighted by Gasteiger charge is 2.22. The van der Waals surface area contributed by atoms with Crippen molar-refractivity contribution in [1.29, 1.82) is 0 Å². The molecule has 2 heterocycles. The van der Waals surface area contributed by atoms with Gasteiger partial charge in [-0.2, -0.15) is 0 Å². The third-order valence-corrected chi connectivity index (χ3v) is 3.77. The number of esters is 1. The molecule has 0 spiro atoms. The number of nitrogens with zero attached hydrogens (tertiary/aromatic N) is 2. The number of aromatic nitrogens is 2. The summed E-state index contributed by atoms with van der Waals surface area (Å²) >= 11 is 6.14. The number of halogens is 1. The number of nitrogens with one attached hydrogen (secondary N) is 1. The Balaban J connectivity index is 2.05. The number of oxazole rings is 1. The summed E-state index contributed by atoms with van der Waals surface area (Å²) in [5.74, 6) is -0.219. The van der Waals surface area contributed by atoms with Crippen LogP contribution in [0, 0.1) is 6.92 Å². The topological polar surface area (TPSA) is 77.2 Å². The molecule has 3 aromatic rings. The van der Waals surface area contributed by atoms with Crippen LogP contribution in [0.5, 0.6) is 0 Å². The first-order valence-corrected chi connectivity index (χ1v) is 8.07. The van der Waals surface area contributed by atoms with E-state index in [1.807, 2.05) is 19.1 Å². The standard InChI is InChI=1S/C18H16ClN3O3/c1-3-24-18(23)16-17(25-10-21-16)13-7-6-12(19)9-15(13)22-14-5-4-8-20-11(14)2/h4-10,22H,3H2,1-2H3. The van der Waals surface area contributed by atoms with Crippen molar-refractivity contribution in [2.45, 2.75) is 13.8 Å².